The molecule has 0 bridgehead atoms. The lowest BCUT2D eigenvalue weighted by molar-refractivity contribution is -0.149. The van der Waals surface area contributed by atoms with Crippen LogP contribution in [-0.4, -0.2) is 18.7 Å². The van der Waals surface area contributed by atoms with E-state index in [1.54, 1.807) is 31.2 Å². The highest BCUT2D eigenvalue weighted by Gasteiger charge is 2.22. The Hall–Kier alpha value is -1.48. The Morgan fingerprint density at radius 1 is 1.56 bits per heavy atom. The van der Waals surface area contributed by atoms with E-state index in [2.05, 4.69) is 0 Å². The molecule has 0 N–H and O–H groups in total. The van der Waals surface area contributed by atoms with Crippen molar-refractivity contribution in [1.82, 2.24) is 0 Å². The van der Waals surface area contributed by atoms with Gasteiger partial charge in [0, 0.05) is 10.6 Å². The van der Waals surface area contributed by atoms with E-state index in [1.807, 2.05) is 6.08 Å². The molecule has 1 unspecified atom stereocenters. The molecular formula is C12H11ClO3. The number of hydrogen-bond acceptors (Lipinski definition) is 3. The largest absolute Gasteiger partial charge is 0.474 e. The highest BCUT2D eigenvalue weighted by molar-refractivity contribution is 6.30. The van der Waals surface area contributed by atoms with Crippen LogP contribution >= 0.6 is 11.6 Å². The Bertz CT molecular complexity index is 440. The topological polar surface area (TPSA) is 35.5 Å². The Morgan fingerprint density at radius 2 is 2.38 bits per heavy atom. The minimum absolute atomic E-state index is 0.347. The summed E-state index contributed by atoms with van der Waals surface area (Å²) in [6.07, 6.45) is 2.82. The maximum atomic E-state index is 11.5. The summed E-state index contributed by atoms with van der Waals surface area (Å²) >= 11 is 5.84. The van der Waals surface area contributed by atoms with Gasteiger partial charge in [-0.2, -0.15) is 0 Å². The van der Waals surface area contributed by atoms with Gasteiger partial charge in [-0.1, -0.05) is 17.7 Å². The summed E-state index contributed by atoms with van der Waals surface area (Å²) in [5, 5.41) is 0.640. The average molecular weight is 239 g/mol. The second kappa shape index (κ2) is 4.58. The van der Waals surface area contributed by atoms with Gasteiger partial charge in [0.25, 0.3) is 0 Å². The molecule has 4 heteroatoms. The number of carbonyl (C=O) groups is 1. The molecule has 0 saturated carbocycles. The number of halogens is 1. The van der Waals surface area contributed by atoms with E-state index < -0.39 is 6.10 Å². The van der Waals surface area contributed by atoms with Crippen LogP contribution in [0.25, 0.3) is 6.08 Å². The van der Waals surface area contributed by atoms with Gasteiger partial charge in [-0.05, 0) is 31.2 Å². The minimum atomic E-state index is -0.659. The molecular weight excluding hydrogens is 228 g/mol. The molecule has 0 fully saturated rings. The predicted molar refractivity (Wildman–Crippen MR) is 61.5 cm³/mol. The second-order valence-corrected chi connectivity index (χ2v) is 3.77. The quantitative estimate of drug-likeness (QED) is 0.743. The summed E-state index contributed by atoms with van der Waals surface area (Å²) in [5.41, 5.74) is 0.869. The zero-order chi connectivity index (χ0) is 11.5. The summed E-state index contributed by atoms with van der Waals surface area (Å²) in [6.45, 7) is 2.11. The van der Waals surface area contributed by atoms with Crippen molar-refractivity contribution in [3.05, 3.63) is 34.9 Å². The zero-order valence-corrected chi connectivity index (χ0v) is 9.53. The molecule has 84 valence electrons. The minimum Gasteiger partial charge on any atom is -0.474 e. The maximum Gasteiger partial charge on any atom is 0.351 e. The highest BCUT2D eigenvalue weighted by Crippen LogP contribution is 2.28. The Morgan fingerprint density at radius 3 is 3.12 bits per heavy atom. The predicted octanol–water partition coefficient (Wildman–Crippen LogP) is 2.68. The lowest BCUT2D eigenvalue weighted by Gasteiger charge is -2.19. The molecule has 1 heterocycles. The van der Waals surface area contributed by atoms with Crippen LogP contribution in [0.2, 0.25) is 5.02 Å². The lowest BCUT2D eigenvalue weighted by atomic mass is 10.1. The highest BCUT2D eigenvalue weighted by atomic mass is 35.5. The van der Waals surface area contributed by atoms with Gasteiger partial charge in [-0.15, -0.1) is 0 Å². The number of carbonyl (C=O) groups excluding carboxylic acids is 1. The van der Waals surface area contributed by atoms with Gasteiger partial charge in [0.2, 0.25) is 6.10 Å². The number of fused-ring (bicyclic) bond motifs is 1. The number of esters is 1. The third kappa shape index (κ3) is 2.19. The van der Waals surface area contributed by atoms with Gasteiger partial charge in [0.05, 0.1) is 6.61 Å². The fraction of sp³-hybridized carbons (Fsp3) is 0.250. The summed E-state index contributed by atoms with van der Waals surface area (Å²) in [7, 11) is 0. The molecule has 0 radical (unpaired) electrons. The van der Waals surface area contributed by atoms with Crippen LogP contribution in [0.15, 0.2) is 24.3 Å². The number of rotatable bonds is 2. The molecule has 1 aliphatic rings. The van der Waals surface area contributed by atoms with Crippen LogP contribution < -0.4 is 4.74 Å². The van der Waals surface area contributed by atoms with Crippen molar-refractivity contribution >= 4 is 23.6 Å². The first-order valence-electron chi connectivity index (χ1n) is 5.01. The summed E-state index contributed by atoms with van der Waals surface area (Å²) in [4.78, 5) is 11.5. The molecule has 1 aliphatic heterocycles. The fourth-order valence-electron chi connectivity index (χ4n) is 1.48. The molecule has 0 saturated heterocycles. The van der Waals surface area contributed by atoms with Crippen molar-refractivity contribution in [2.24, 2.45) is 0 Å². The van der Waals surface area contributed by atoms with E-state index in [0.29, 0.717) is 17.4 Å². The summed E-state index contributed by atoms with van der Waals surface area (Å²) in [5.74, 6) is 0.268. The van der Waals surface area contributed by atoms with Crippen molar-refractivity contribution < 1.29 is 14.3 Å². The van der Waals surface area contributed by atoms with Crippen molar-refractivity contribution in [2.45, 2.75) is 13.0 Å². The normalized spacial score (nSPS) is 17.5. The smallest absolute Gasteiger partial charge is 0.351 e. The molecule has 2 rings (SSSR count). The molecule has 3 nitrogen and oxygen atoms in total. The number of benzene rings is 1. The summed E-state index contributed by atoms with van der Waals surface area (Å²) in [6, 6.07) is 5.25. The van der Waals surface area contributed by atoms with Crippen molar-refractivity contribution in [1.29, 1.82) is 0 Å². The van der Waals surface area contributed by atoms with E-state index in [-0.39, 0.29) is 5.97 Å². The van der Waals surface area contributed by atoms with Crippen molar-refractivity contribution in [2.75, 3.05) is 6.61 Å². The average Bonchev–Trinajstić information content (AvgIpc) is 2.28. The third-order valence-corrected chi connectivity index (χ3v) is 2.43. The number of hydrogen-bond donors (Lipinski definition) is 0. The molecule has 0 spiro atoms. The van der Waals surface area contributed by atoms with Gasteiger partial charge < -0.3 is 9.47 Å². The fourth-order valence-corrected chi connectivity index (χ4v) is 1.66. The van der Waals surface area contributed by atoms with Crippen LogP contribution in [0.3, 0.4) is 0 Å². The van der Waals surface area contributed by atoms with Crippen LogP contribution in [0, 0.1) is 0 Å². The van der Waals surface area contributed by atoms with E-state index in [9.17, 15) is 4.79 Å². The number of ether oxygens (including phenoxy) is 2. The van der Waals surface area contributed by atoms with Gasteiger partial charge >= 0.3 is 5.97 Å². The van der Waals surface area contributed by atoms with Gasteiger partial charge in [0.1, 0.15) is 5.75 Å². The Kier molecular flexibility index (Phi) is 3.15. The van der Waals surface area contributed by atoms with Crippen molar-refractivity contribution in [3.63, 3.8) is 0 Å². The first-order valence-corrected chi connectivity index (χ1v) is 5.39. The molecule has 1 atom stereocenters. The Labute approximate surface area is 98.6 Å². The van der Waals surface area contributed by atoms with E-state index in [1.165, 1.54) is 0 Å². The monoisotopic (exact) mass is 238 g/mol. The van der Waals surface area contributed by atoms with E-state index in [0.717, 1.165) is 5.56 Å². The van der Waals surface area contributed by atoms with Gasteiger partial charge in [0.15, 0.2) is 0 Å². The van der Waals surface area contributed by atoms with Crippen LogP contribution in [-0.2, 0) is 9.53 Å². The summed E-state index contributed by atoms with van der Waals surface area (Å²) < 4.78 is 10.4. The molecule has 16 heavy (non-hydrogen) atoms. The molecule has 1 aromatic rings. The van der Waals surface area contributed by atoms with E-state index >= 15 is 0 Å². The standard InChI is InChI=1S/C12H11ClO3/c1-2-15-12(14)11-5-3-8-7-9(13)4-6-10(8)16-11/h3-7,11H,2H2,1H3. The van der Waals surface area contributed by atoms with Crippen LogP contribution in [0.4, 0.5) is 0 Å². The first kappa shape index (κ1) is 11.0. The lowest BCUT2D eigenvalue weighted by Crippen LogP contribution is -2.29. The SMILES string of the molecule is CCOC(=O)C1C=Cc2cc(Cl)ccc2O1. The van der Waals surface area contributed by atoms with Gasteiger partial charge in [-0.25, -0.2) is 4.79 Å². The zero-order valence-electron chi connectivity index (χ0n) is 8.77. The van der Waals surface area contributed by atoms with Gasteiger partial charge in [-0.3, -0.25) is 0 Å². The second-order valence-electron chi connectivity index (χ2n) is 3.33. The van der Waals surface area contributed by atoms with Crippen LogP contribution in [0.5, 0.6) is 5.75 Å². The van der Waals surface area contributed by atoms with Crippen LogP contribution in [0.1, 0.15) is 12.5 Å². The molecule has 0 aliphatic carbocycles. The van der Waals surface area contributed by atoms with Crippen molar-refractivity contribution in [3.8, 4) is 5.75 Å². The third-order valence-electron chi connectivity index (χ3n) is 2.20. The first-order chi connectivity index (χ1) is 7.70. The maximum absolute atomic E-state index is 11.5. The molecule has 0 aromatic heterocycles. The molecule has 0 amide bonds. The molecule has 1 aromatic carbocycles. The Balaban J connectivity index is 2.19. The van der Waals surface area contributed by atoms with E-state index in [4.69, 9.17) is 21.1 Å².